The van der Waals surface area contributed by atoms with Crippen LogP contribution < -0.4 is 21.5 Å². The number of cyclic esters (lactones) is 1. The number of carbonyl (C=O) groups excluding carboxylic acids is 1. The average molecular weight is 242 g/mol. The van der Waals surface area contributed by atoms with Crippen molar-refractivity contribution in [2.24, 2.45) is 3.39 Å². The van der Waals surface area contributed by atoms with E-state index in [0.717, 1.165) is 0 Å². The number of ether oxygens (including phenoxy) is 1. The Labute approximate surface area is 62.5 Å². The number of esters is 1. The molecular weight excluding hydrogens is 237 g/mol. The zero-order valence-electron chi connectivity index (χ0n) is 4.54. The van der Waals surface area contributed by atoms with Gasteiger partial charge in [0, 0.05) is 0 Å². The van der Waals surface area contributed by atoms with Gasteiger partial charge in [0.1, 0.15) is 0 Å². The maximum absolute atomic E-state index is 10.6. The van der Waals surface area contributed by atoms with E-state index in [0.29, 0.717) is 13.0 Å². The van der Waals surface area contributed by atoms with Crippen molar-refractivity contribution in [3.05, 3.63) is 4.91 Å². The van der Waals surface area contributed by atoms with Crippen molar-refractivity contribution in [2.45, 2.75) is 10.3 Å². The second kappa shape index (κ2) is 3.09. The predicted molar refractivity (Wildman–Crippen MR) is 25.2 cm³/mol. The first-order valence-corrected chi connectivity index (χ1v) is 4.67. The normalized spacial score (nSPS) is 26.2. The van der Waals surface area contributed by atoms with Gasteiger partial charge in [-0.3, -0.25) is 0 Å². The van der Waals surface area contributed by atoms with Gasteiger partial charge in [0.15, 0.2) is 0 Å². The van der Waals surface area contributed by atoms with Gasteiger partial charge < -0.3 is 0 Å². The monoisotopic (exact) mass is 242 g/mol. The third-order valence-electron chi connectivity index (χ3n) is 1.03. The van der Waals surface area contributed by atoms with Crippen LogP contribution in [0.25, 0.3) is 0 Å². The predicted octanol–water partition coefficient (Wildman–Crippen LogP) is -2.93. The molecule has 1 unspecified atom stereocenters. The van der Waals surface area contributed by atoms with Crippen LogP contribution in [0.2, 0.25) is 0 Å². The Hall–Kier alpha value is -0.200. The minimum absolute atomic E-state index is 0.152. The van der Waals surface area contributed by atoms with Crippen molar-refractivity contribution in [1.82, 2.24) is 0 Å². The summed E-state index contributed by atoms with van der Waals surface area (Å²) in [6.07, 6.45) is 0.692. The van der Waals surface area contributed by atoms with E-state index >= 15 is 0 Å². The molecule has 1 saturated heterocycles. The van der Waals surface area contributed by atoms with E-state index in [1.807, 2.05) is 0 Å². The molecule has 1 aliphatic heterocycles. The van der Waals surface area contributed by atoms with Gasteiger partial charge in [0.05, 0.1) is 0 Å². The second-order valence-electron chi connectivity index (χ2n) is 1.59. The summed E-state index contributed by atoms with van der Waals surface area (Å²) >= 11 is -0.821. The molecule has 1 fully saturated rings. The molecule has 1 atom stereocenters. The zero-order chi connectivity index (χ0) is 6.69. The number of halogens is 1. The molecule has 5 heteroatoms. The number of hydrogen-bond donors (Lipinski definition) is 0. The molecule has 4 nitrogen and oxygen atoms in total. The Morgan fingerprint density at radius 1 is 1.78 bits per heavy atom. The number of alkyl halides is 1. The first kappa shape index (κ1) is 6.91. The molecule has 0 aromatic carbocycles. The van der Waals surface area contributed by atoms with Crippen LogP contribution in [-0.2, 0) is 9.53 Å². The van der Waals surface area contributed by atoms with E-state index in [4.69, 9.17) is 0 Å². The van der Waals surface area contributed by atoms with Crippen molar-refractivity contribution < 1.29 is 31.0 Å². The molecule has 9 heavy (non-hydrogen) atoms. The van der Waals surface area contributed by atoms with Crippen LogP contribution in [0.4, 0.5) is 0 Å². The molecule has 0 aromatic heterocycles. The summed E-state index contributed by atoms with van der Waals surface area (Å²) in [4.78, 5) is 20.3. The Bertz CT molecular complexity index is 138. The standard InChI is InChI=1S/C4H5INO3/c7-4-3(5-6-8)1-2-9-4/h3H,1-2H2/q-1. The van der Waals surface area contributed by atoms with Crippen LogP contribution in [0.15, 0.2) is 3.39 Å². The number of carbonyl (C=O) groups is 1. The SMILES string of the molecule is O=N[I-]C1CCOC1=O. The number of hydrogen-bond acceptors (Lipinski definition) is 4. The molecule has 0 spiro atoms. The summed E-state index contributed by atoms with van der Waals surface area (Å²) in [5, 5.41) is 0. The molecule has 0 saturated carbocycles. The van der Waals surface area contributed by atoms with Gasteiger partial charge in [-0.1, -0.05) is 0 Å². The average Bonchev–Trinajstić information content (AvgIpc) is 2.18. The fraction of sp³-hybridized carbons (Fsp3) is 0.750. The van der Waals surface area contributed by atoms with E-state index in [-0.39, 0.29) is 9.89 Å². The zero-order valence-corrected chi connectivity index (χ0v) is 6.70. The number of rotatable bonds is 2. The van der Waals surface area contributed by atoms with E-state index in [1.54, 1.807) is 0 Å². The Morgan fingerprint density at radius 3 is 3.00 bits per heavy atom. The van der Waals surface area contributed by atoms with Crippen LogP contribution in [0, 0.1) is 4.91 Å². The molecule has 1 rings (SSSR count). The summed E-state index contributed by atoms with van der Waals surface area (Å²) in [6, 6.07) is 0. The summed E-state index contributed by atoms with van der Waals surface area (Å²) in [5.74, 6) is -0.234. The molecule has 0 bridgehead atoms. The molecular formula is C4H5INO3-. The topological polar surface area (TPSA) is 55.7 Å². The molecule has 0 amide bonds. The van der Waals surface area contributed by atoms with Crippen molar-refractivity contribution in [3.63, 3.8) is 0 Å². The molecule has 0 N–H and O–H groups in total. The molecule has 0 radical (unpaired) electrons. The van der Waals surface area contributed by atoms with Crippen molar-refractivity contribution in [2.75, 3.05) is 6.61 Å². The van der Waals surface area contributed by atoms with Crippen LogP contribution in [-0.4, -0.2) is 16.5 Å². The van der Waals surface area contributed by atoms with Crippen LogP contribution >= 0.6 is 0 Å². The number of nitroso groups, excluding NO2 is 1. The van der Waals surface area contributed by atoms with Gasteiger partial charge in [0.2, 0.25) is 0 Å². The Morgan fingerprint density at radius 2 is 2.56 bits per heavy atom. The Kier molecular flexibility index (Phi) is 2.38. The van der Waals surface area contributed by atoms with Gasteiger partial charge in [-0.25, -0.2) is 0 Å². The second-order valence-corrected chi connectivity index (χ2v) is 4.04. The summed E-state index contributed by atoms with van der Waals surface area (Å²) in [7, 11) is 0. The van der Waals surface area contributed by atoms with E-state index < -0.39 is 21.5 Å². The number of nitrogens with zero attached hydrogens (tertiary/aromatic N) is 1. The maximum atomic E-state index is 10.6. The van der Waals surface area contributed by atoms with Crippen LogP contribution in [0.3, 0.4) is 0 Å². The molecule has 52 valence electrons. The van der Waals surface area contributed by atoms with E-state index in [9.17, 15) is 9.70 Å². The third kappa shape index (κ3) is 1.60. The van der Waals surface area contributed by atoms with E-state index in [2.05, 4.69) is 8.13 Å². The van der Waals surface area contributed by atoms with Crippen molar-refractivity contribution >= 4 is 5.97 Å². The van der Waals surface area contributed by atoms with Crippen LogP contribution in [0.1, 0.15) is 6.42 Å². The fourth-order valence-corrected chi connectivity index (χ4v) is 1.82. The molecule has 1 heterocycles. The fourth-order valence-electron chi connectivity index (χ4n) is 0.608. The first-order valence-electron chi connectivity index (χ1n) is 2.46. The van der Waals surface area contributed by atoms with Gasteiger partial charge >= 0.3 is 62.2 Å². The summed E-state index contributed by atoms with van der Waals surface area (Å²) in [5.41, 5.74) is 0. The molecule has 1 aliphatic rings. The van der Waals surface area contributed by atoms with Gasteiger partial charge in [0.25, 0.3) is 0 Å². The van der Waals surface area contributed by atoms with Gasteiger partial charge in [-0.15, -0.1) is 0 Å². The van der Waals surface area contributed by atoms with Gasteiger partial charge in [-0.05, 0) is 0 Å². The molecule has 0 aromatic rings. The molecule has 0 aliphatic carbocycles. The van der Waals surface area contributed by atoms with Gasteiger partial charge in [-0.2, -0.15) is 0 Å². The van der Waals surface area contributed by atoms with E-state index in [1.165, 1.54) is 0 Å². The quantitative estimate of drug-likeness (QED) is 0.225. The van der Waals surface area contributed by atoms with Crippen molar-refractivity contribution in [3.8, 4) is 0 Å². The van der Waals surface area contributed by atoms with Crippen LogP contribution in [0.5, 0.6) is 0 Å². The summed E-state index contributed by atoms with van der Waals surface area (Å²) in [6.45, 7) is 0.471. The Balaban J connectivity index is 2.39. The summed E-state index contributed by atoms with van der Waals surface area (Å²) < 4.78 is 7.18. The third-order valence-corrected chi connectivity index (χ3v) is 3.06. The minimum atomic E-state index is -0.821. The van der Waals surface area contributed by atoms with Crippen molar-refractivity contribution in [1.29, 1.82) is 0 Å². The first-order chi connectivity index (χ1) is 4.34.